The summed E-state index contributed by atoms with van der Waals surface area (Å²) in [7, 11) is 3.46. The van der Waals surface area contributed by atoms with Crippen LogP contribution in [0.1, 0.15) is 42.1 Å². The van der Waals surface area contributed by atoms with Crippen molar-refractivity contribution in [1.29, 1.82) is 0 Å². The lowest BCUT2D eigenvalue weighted by atomic mass is 9.79. The molecule has 166 valence electrons. The molecule has 2 aromatic heterocycles. The van der Waals surface area contributed by atoms with Gasteiger partial charge in [0.15, 0.2) is 0 Å². The second-order valence-corrected chi connectivity index (χ2v) is 8.74. The summed E-state index contributed by atoms with van der Waals surface area (Å²) in [6.07, 6.45) is 6.91. The Kier molecular flexibility index (Phi) is 4.76. The van der Waals surface area contributed by atoms with Crippen LogP contribution >= 0.6 is 0 Å². The molecular formula is C23H25N5O4. The van der Waals surface area contributed by atoms with E-state index in [9.17, 15) is 14.4 Å². The SMILES string of the molecule is CN1C(=O)OCC12CCC(n1cc3cc(C(=O)Nc4cccn(C)c4=O)ccc3n1)CC2. The highest BCUT2D eigenvalue weighted by atomic mass is 16.6. The van der Waals surface area contributed by atoms with E-state index in [4.69, 9.17) is 9.84 Å². The highest BCUT2D eigenvalue weighted by Crippen LogP contribution is 2.41. The van der Waals surface area contributed by atoms with E-state index in [0.717, 1.165) is 36.6 Å². The molecule has 0 radical (unpaired) electrons. The second-order valence-electron chi connectivity index (χ2n) is 8.74. The third kappa shape index (κ3) is 3.34. The summed E-state index contributed by atoms with van der Waals surface area (Å²) in [5.41, 5.74) is 1.07. The minimum absolute atomic E-state index is 0.195. The van der Waals surface area contributed by atoms with Crippen LogP contribution in [-0.2, 0) is 11.8 Å². The zero-order chi connectivity index (χ0) is 22.5. The van der Waals surface area contributed by atoms with E-state index in [0.29, 0.717) is 12.2 Å². The van der Waals surface area contributed by atoms with Crippen LogP contribution in [0.3, 0.4) is 0 Å². The van der Waals surface area contributed by atoms with Crippen LogP contribution in [0.2, 0.25) is 0 Å². The minimum atomic E-state index is -0.337. The summed E-state index contributed by atoms with van der Waals surface area (Å²) < 4.78 is 8.64. The lowest BCUT2D eigenvalue weighted by Crippen LogP contribution is -2.47. The third-order valence-electron chi connectivity index (χ3n) is 6.87. The topological polar surface area (TPSA) is 98.5 Å². The number of aryl methyl sites for hydroxylation is 1. The molecule has 1 aliphatic carbocycles. The van der Waals surface area contributed by atoms with Crippen molar-refractivity contribution in [2.24, 2.45) is 7.05 Å². The van der Waals surface area contributed by atoms with Gasteiger partial charge in [0.05, 0.1) is 17.1 Å². The Morgan fingerprint density at radius 3 is 2.69 bits per heavy atom. The van der Waals surface area contributed by atoms with E-state index in [1.165, 1.54) is 4.57 Å². The average molecular weight is 435 g/mol. The molecule has 3 aromatic rings. The van der Waals surface area contributed by atoms with Crippen molar-refractivity contribution in [2.75, 3.05) is 19.0 Å². The summed E-state index contributed by atoms with van der Waals surface area (Å²) >= 11 is 0. The molecule has 2 aliphatic rings. The maximum absolute atomic E-state index is 12.7. The van der Waals surface area contributed by atoms with E-state index in [-0.39, 0.29) is 34.8 Å². The number of likely N-dealkylation sites (N-methyl/N-ethyl adjacent to an activating group) is 1. The standard InChI is InChI=1S/C23H25N5O4/c1-26-11-3-4-19(21(26)30)24-20(29)15-5-6-18-16(12-15)13-28(25-18)17-7-9-23(10-8-17)14-32-22(31)27(23)2/h3-6,11-13,17H,7-10,14H2,1-2H3,(H,24,29). The van der Waals surface area contributed by atoms with Gasteiger partial charge in [-0.15, -0.1) is 0 Å². The van der Waals surface area contributed by atoms with Crippen LogP contribution in [0.4, 0.5) is 10.5 Å². The van der Waals surface area contributed by atoms with Crippen LogP contribution in [0.5, 0.6) is 0 Å². The van der Waals surface area contributed by atoms with Gasteiger partial charge in [-0.2, -0.15) is 5.10 Å². The van der Waals surface area contributed by atoms with E-state index in [1.54, 1.807) is 42.4 Å². The molecule has 1 N–H and O–H groups in total. The molecule has 5 rings (SSSR count). The fraction of sp³-hybridized carbons (Fsp3) is 0.391. The molecule has 1 spiro atoms. The molecule has 1 saturated heterocycles. The van der Waals surface area contributed by atoms with E-state index in [2.05, 4.69) is 5.32 Å². The first-order valence-electron chi connectivity index (χ1n) is 10.7. The van der Waals surface area contributed by atoms with Crippen LogP contribution in [-0.4, -0.2) is 50.4 Å². The molecule has 32 heavy (non-hydrogen) atoms. The van der Waals surface area contributed by atoms with Gasteiger partial charge >= 0.3 is 6.09 Å². The zero-order valence-electron chi connectivity index (χ0n) is 18.1. The number of benzene rings is 1. The van der Waals surface area contributed by atoms with Gasteiger partial charge in [-0.1, -0.05) is 0 Å². The van der Waals surface area contributed by atoms with Crippen LogP contribution in [0.15, 0.2) is 47.5 Å². The van der Waals surface area contributed by atoms with Gasteiger partial charge in [0.2, 0.25) is 0 Å². The number of rotatable bonds is 3. The molecule has 0 bridgehead atoms. The van der Waals surface area contributed by atoms with Crippen LogP contribution in [0.25, 0.3) is 10.9 Å². The predicted octanol–water partition coefficient (Wildman–Crippen LogP) is 2.92. The number of pyridine rings is 1. The number of amides is 2. The van der Waals surface area contributed by atoms with Crippen molar-refractivity contribution >= 4 is 28.6 Å². The van der Waals surface area contributed by atoms with Crippen LogP contribution < -0.4 is 10.9 Å². The second kappa shape index (κ2) is 7.51. The fourth-order valence-electron chi connectivity index (χ4n) is 4.73. The minimum Gasteiger partial charge on any atom is -0.447 e. The highest BCUT2D eigenvalue weighted by Gasteiger charge is 2.47. The molecule has 9 heteroatoms. The molecule has 0 unspecified atom stereocenters. The van der Waals surface area contributed by atoms with Gasteiger partial charge < -0.3 is 19.5 Å². The van der Waals surface area contributed by atoms with E-state index in [1.807, 2.05) is 24.0 Å². The van der Waals surface area contributed by atoms with Crippen molar-refractivity contribution in [1.82, 2.24) is 19.2 Å². The number of fused-ring (bicyclic) bond motifs is 1. The summed E-state index contributed by atoms with van der Waals surface area (Å²) in [6, 6.07) is 8.88. The number of aromatic nitrogens is 3. The summed E-state index contributed by atoms with van der Waals surface area (Å²) in [5, 5.41) is 8.28. The van der Waals surface area contributed by atoms with Crippen molar-refractivity contribution in [3.63, 3.8) is 0 Å². The number of anilines is 1. The Balaban J connectivity index is 1.32. The number of cyclic esters (lactones) is 1. The van der Waals surface area contributed by atoms with Crippen molar-refractivity contribution in [3.05, 3.63) is 58.6 Å². The number of hydrogen-bond donors (Lipinski definition) is 1. The monoisotopic (exact) mass is 435 g/mol. The zero-order valence-corrected chi connectivity index (χ0v) is 18.1. The van der Waals surface area contributed by atoms with Gasteiger partial charge in [-0.25, -0.2) is 4.79 Å². The summed E-state index contributed by atoms with van der Waals surface area (Å²) in [6.45, 7) is 0.457. The predicted molar refractivity (Wildman–Crippen MR) is 119 cm³/mol. The smallest absolute Gasteiger partial charge is 0.410 e. The molecule has 2 amide bonds. The molecule has 0 atom stereocenters. The average Bonchev–Trinajstić information content (AvgIpc) is 3.34. The largest absolute Gasteiger partial charge is 0.447 e. The number of carbonyl (C=O) groups excluding carboxylic acids is 2. The van der Waals surface area contributed by atoms with E-state index >= 15 is 0 Å². The lowest BCUT2D eigenvalue weighted by molar-refractivity contribution is 0.102. The van der Waals surface area contributed by atoms with Crippen molar-refractivity contribution in [2.45, 2.75) is 37.3 Å². The molecule has 2 fully saturated rings. The first-order valence-corrected chi connectivity index (χ1v) is 10.7. The molecule has 1 saturated carbocycles. The molecule has 3 heterocycles. The number of hydrogen-bond acceptors (Lipinski definition) is 5. The maximum atomic E-state index is 12.7. The van der Waals surface area contributed by atoms with Crippen molar-refractivity contribution in [3.8, 4) is 0 Å². The third-order valence-corrected chi connectivity index (χ3v) is 6.87. The summed E-state index contributed by atoms with van der Waals surface area (Å²) in [4.78, 5) is 38.4. The fourth-order valence-corrected chi connectivity index (χ4v) is 4.73. The van der Waals surface area contributed by atoms with Gasteiger partial charge in [-0.05, 0) is 56.0 Å². The molecule has 1 aliphatic heterocycles. The molecule has 9 nitrogen and oxygen atoms in total. The first-order chi connectivity index (χ1) is 15.4. The number of nitrogens with zero attached hydrogens (tertiary/aromatic N) is 4. The Hall–Kier alpha value is -3.62. The first kappa shape index (κ1) is 20.3. The quantitative estimate of drug-likeness (QED) is 0.682. The Labute approximate surface area is 184 Å². The number of nitrogens with one attached hydrogen (secondary N) is 1. The highest BCUT2D eigenvalue weighted by molar-refractivity contribution is 6.06. The lowest BCUT2D eigenvalue weighted by Gasteiger charge is -2.39. The Morgan fingerprint density at radius 2 is 1.97 bits per heavy atom. The number of carbonyl (C=O) groups is 2. The Bertz CT molecular complexity index is 1270. The van der Waals surface area contributed by atoms with Gasteiger partial charge in [0.1, 0.15) is 12.3 Å². The maximum Gasteiger partial charge on any atom is 0.410 e. The van der Waals surface area contributed by atoms with Gasteiger partial charge in [-0.3, -0.25) is 14.3 Å². The van der Waals surface area contributed by atoms with E-state index < -0.39 is 0 Å². The van der Waals surface area contributed by atoms with Gasteiger partial charge in [0, 0.05) is 37.4 Å². The molecule has 1 aromatic carbocycles. The van der Waals surface area contributed by atoms with Gasteiger partial charge in [0.25, 0.3) is 11.5 Å². The Morgan fingerprint density at radius 1 is 1.19 bits per heavy atom. The normalized spacial score (nSPS) is 23.0. The summed E-state index contributed by atoms with van der Waals surface area (Å²) in [5.74, 6) is -0.337. The van der Waals surface area contributed by atoms with Crippen LogP contribution in [0, 0.1) is 0 Å². The number of ether oxygens (including phenoxy) is 1. The molecular weight excluding hydrogens is 410 g/mol. The van der Waals surface area contributed by atoms with Crippen molar-refractivity contribution < 1.29 is 14.3 Å².